The summed E-state index contributed by atoms with van der Waals surface area (Å²) in [5.41, 5.74) is 3.12. The van der Waals surface area contributed by atoms with Crippen LogP contribution in [0.5, 0.6) is 5.75 Å². The fourth-order valence-electron chi connectivity index (χ4n) is 3.57. The molecular formula is C23H27NO3. The van der Waals surface area contributed by atoms with E-state index in [0.717, 1.165) is 16.7 Å². The molecule has 142 valence electrons. The molecule has 27 heavy (non-hydrogen) atoms. The van der Waals surface area contributed by atoms with E-state index in [0.29, 0.717) is 12.3 Å². The zero-order valence-corrected chi connectivity index (χ0v) is 16.4. The zero-order valence-electron chi connectivity index (χ0n) is 16.4. The van der Waals surface area contributed by atoms with Gasteiger partial charge in [0.15, 0.2) is 0 Å². The molecule has 4 nitrogen and oxygen atoms in total. The molecule has 2 aromatic rings. The minimum Gasteiger partial charge on any atom is -0.426 e. The van der Waals surface area contributed by atoms with Gasteiger partial charge in [0.05, 0.1) is 12.0 Å². The van der Waals surface area contributed by atoms with E-state index in [1.54, 1.807) is 4.90 Å². The van der Waals surface area contributed by atoms with Gasteiger partial charge in [-0.3, -0.25) is 9.59 Å². The normalized spacial score (nSPS) is 18.0. The monoisotopic (exact) mass is 365 g/mol. The minimum atomic E-state index is -0.427. The van der Waals surface area contributed by atoms with Crippen molar-refractivity contribution >= 4 is 11.9 Å². The second-order valence-electron chi connectivity index (χ2n) is 7.65. The van der Waals surface area contributed by atoms with Crippen LogP contribution in [0, 0.1) is 12.8 Å². The number of esters is 1. The van der Waals surface area contributed by atoms with Gasteiger partial charge in [0, 0.05) is 13.0 Å². The minimum absolute atomic E-state index is 0.00151. The molecule has 0 aromatic heterocycles. The number of hydrogen-bond donors (Lipinski definition) is 0. The van der Waals surface area contributed by atoms with Crippen molar-refractivity contribution in [3.8, 4) is 5.75 Å². The summed E-state index contributed by atoms with van der Waals surface area (Å²) < 4.78 is 5.74. The van der Waals surface area contributed by atoms with E-state index < -0.39 is 5.92 Å². The third kappa shape index (κ3) is 4.21. The number of amides is 1. The molecule has 1 heterocycles. The molecular weight excluding hydrogens is 338 g/mol. The van der Waals surface area contributed by atoms with E-state index in [9.17, 15) is 9.59 Å². The molecule has 2 aromatic carbocycles. The second-order valence-corrected chi connectivity index (χ2v) is 7.65. The Hall–Kier alpha value is -2.62. The Balaban J connectivity index is 1.72. The molecule has 2 atom stereocenters. The second kappa shape index (κ2) is 7.95. The van der Waals surface area contributed by atoms with Gasteiger partial charge in [0.25, 0.3) is 0 Å². The molecule has 1 saturated heterocycles. The van der Waals surface area contributed by atoms with Gasteiger partial charge in [-0.15, -0.1) is 0 Å². The van der Waals surface area contributed by atoms with E-state index in [1.165, 1.54) is 0 Å². The summed E-state index contributed by atoms with van der Waals surface area (Å²) in [5, 5.41) is 0. The molecule has 1 aliphatic heterocycles. The van der Waals surface area contributed by atoms with Gasteiger partial charge in [-0.25, -0.2) is 0 Å². The standard InChI is InChI=1S/C23H27NO3/c1-15(2)20-11-10-16(3)12-21(20)27-23(26)19-13-22(25)24(14-19)17(4)18-8-6-5-7-9-18/h5-12,15,17,19H,13-14H2,1-4H3/t17-,19+/m1/s1. The van der Waals surface area contributed by atoms with Crippen LogP contribution in [0.1, 0.15) is 55.8 Å². The van der Waals surface area contributed by atoms with Crippen LogP contribution in [0.25, 0.3) is 0 Å². The smallest absolute Gasteiger partial charge is 0.316 e. The maximum absolute atomic E-state index is 12.7. The Kier molecular flexibility index (Phi) is 5.64. The van der Waals surface area contributed by atoms with Crippen molar-refractivity contribution in [2.75, 3.05) is 6.54 Å². The van der Waals surface area contributed by atoms with Crippen LogP contribution in [0.2, 0.25) is 0 Å². The van der Waals surface area contributed by atoms with Gasteiger partial charge in [-0.2, -0.15) is 0 Å². The lowest BCUT2D eigenvalue weighted by Gasteiger charge is -2.25. The van der Waals surface area contributed by atoms with Crippen LogP contribution < -0.4 is 4.74 Å². The van der Waals surface area contributed by atoms with E-state index in [-0.39, 0.29) is 30.3 Å². The highest BCUT2D eigenvalue weighted by molar-refractivity contribution is 5.88. The number of rotatable bonds is 5. The quantitative estimate of drug-likeness (QED) is 0.573. The number of ether oxygens (including phenoxy) is 1. The van der Waals surface area contributed by atoms with Crippen LogP contribution in [-0.2, 0) is 9.59 Å². The van der Waals surface area contributed by atoms with E-state index >= 15 is 0 Å². The lowest BCUT2D eigenvalue weighted by Crippen LogP contribution is -2.30. The number of aryl methyl sites for hydroxylation is 1. The highest BCUT2D eigenvalue weighted by Crippen LogP contribution is 2.32. The van der Waals surface area contributed by atoms with Crippen LogP contribution in [0.4, 0.5) is 0 Å². The molecule has 0 N–H and O–H groups in total. The Labute approximate surface area is 161 Å². The molecule has 0 bridgehead atoms. The summed E-state index contributed by atoms with van der Waals surface area (Å²) in [6.07, 6.45) is 0.207. The average Bonchev–Trinajstić information content (AvgIpc) is 3.03. The van der Waals surface area contributed by atoms with Crippen molar-refractivity contribution in [1.82, 2.24) is 4.90 Å². The van der Waals surface area contributed by atoms with Crippen LogP contribution >= 0.6 is 0 Å². The largest absolute Gasteiger partial charge is 0.426 e. The van der Waals surface area contributed by atoms with Crippen LogP contribution in [0.15, 0.2) is 48.5 Å². The average molecular weight is 365 g/mol. The first kappa shape index (κ1) is 19.2. The van der Waals surface area contributed by atoms with Crippen molar-refractivity contribution in [2.45, 2.75) is 46.1 Å². The molecule has 0 saturated carbocycles. The van der Waals surface area contributed by atoms with Gasteiger partial charge < -0.3 is 9.64 Å². The fraction of sp³-hybridized carbons (Fsp3) is 0.391. The third-order valence-corrected chi connectivity index (χ3v) is 5.24. The molecule has 0 aliphatic carbocycles. The highest BCUT2D eigenvalue weighted by atomic mass is 16.5. The molecule has 1 amide bonds. The van der Waals surface area contributed by atoms with Gasteiger partial charge in [0.1, 0.15) is 5.75 Å². The fourth-order valence-corrected chi connectivity index (χ4v) is 3.57. The number of nitrogens with zero attached hydrogens (tertiary/aromatic N) is 1. The highest BCUT2D eigenvalue weighted by Gasteiger charge is 2.38. The maximum Gasteiger partial charge on any atom is 0.316 e. The molecule has 4 heteroatoms. The van der Waals surface area contributed by atoms with Gasteiger partial charge in [-0.05, 0) is 42.5 Å². The summed E-state index contributed by atoms with van der Waals surface area (Å²) in [4.78, 5) is 27.0. The zero-order chi connectivity index (χ0) is 19.6. The van der Waals surface area contributed by atoms with Gasteiger partial charge in [-0.1, -0.05) is 56.3 Å². The van der Waals surface area contributed by atoms with Crippen LogP contribution in [0.3, 0.4) is 0 Å². The Morgan fingerprint density at radius 3 is 2.48 bits per heavy atom. The lowest BCUT2D eigenvalue weighted by atomic mass is 10.0. The Morgan fingerprint density at radius 1 is 1.11 bits per heavy atom. The number of carbonyl (C=O) groups is 2. The first-order valence-corrected chi connectivity index (χ1v) is 9.53. The van der Waals surface area contributed by atoms with Crippen LogP contribution in [-0.4, -0.2) is 23.3 Å². The lowest BCUT2D eigenvalue weighted by molar-refractivity contribution is -0.139. The topological polar surface area (TPSA) is 46.6 Å². The maximum atomic E-state index is 12.7. The summed E-state index contributed by atoms with van der Waals surface area (Å²) in [5.74, 6) is 0.120. The number of benzene rings is 2. The van der Waals surface area contributed by atoms with Gasteiger partial charge >= 0.3 is 5.97 Å². The first-order chi connectivity index (χ1) is 12.9. The summed E-state index contributed by atoms with van der Waals surface area (Å²) in [6, 6.07) is 15.8. The summed E-state index contributed by atoms with van der Waals surface area (Å²) >= 11 is 0. The molecule has 0 unspecified atom stereocenters. The summed E-state index contributed by atoms with van der Waals surface area (Å²) in [6.45, 7) is 8.52. The SMILES string of the molecule is Cc1ccc(C(C)C)c(OC(=O)[C@H]2CC(=O)N([C@H](C)c3ccccc3)C2)c1. The first-order valence-electron chi connectivity index (χ1n) is 9.53. The predicted molar refractivity (Wildman–Crippen MR) is 106 cm³/mol. The molecule has 1 aliphatic rings. The number of carbonyl (C=O) groups excluding carboxylic acids is 2. The molecule has 0 radical (unpaired) electrons. The van der Waals surface area contributed by atoms with Crippen molar-refractivity contribution in [1.29, 1.82) is 0 Å². The van der Waals surface area contributed by atoms with Gasteiger partial charge in [0.2, 0.25) is 5.91 Å². The molecule has 1 fully saturated rings. The Bertz CT molecular complexity index is 829. The number of likely N-dealkylation sites (tertiary alicyclic amines) is 1. The van der Waals surface area contributed by atoms with Crippen molar-refractivity contribution in [3.63, 3.8) is 0 Å². The van der Waals surface area contributed by atoms with E-state index in [2.05, 4.69) is 13.8 Å². The third-order valence-electron chi connectivity index (χ3n) is 5.24. The van der Waals surface area contributed by atoms with E-state index in [4.69, 9.17) is 4.74 Å². The molecule has 3 rings (SSSR count). The van der Waals surface area contributed by atoms with Crippen molar-refractivity contribution < 1.29 is 14.3 Å². The van der Waals surface area contributed by atoms with Crippen molar-refractivity contribution in [3.05, 3.63) is 65.2 Å². The Morgan fingerprint density at radius 2 is 1.81 bits per heavy atom. The van der Waals surface area contributed by atoms with E-state index in [1.807, 2.05) is 62.4 Å². The van der Waals surface area contributed by atoms with Crippen molar-refractivity contribution in [2.24, 2.45) is 5.92 Å². The number of hydrogen-bond acceptors (Lipinski definition) is 3. The molecule has 0 spiro atoms. The predicted octanol–water partition coefficient (Wildman–Crippen LogP) is 4.63. The summed E-state index contributed by atoms with van der Waals surface area (Å²) in [7, 11) is 0.